The molecular formula is C12H18N4O2. The van der Waals surface area contributed by atoms with E-state index in [-0.39, 0.29) is 5.69 Å². The molecule has 6 nitrogen and oxygen atoms in total. The van der Waals surface area contributed by atoms with Gasteiger partial charge >= 0.3 is 5.97 Å². The molecule has 2 rings (SSSR count). The van der Waals surface area contributed by atoms with E-state index < -0.39 is 5.97 Å². The summed E-state index contributed by atoms with van der Waals surface area (Å²) in [5, 5.41) is 11.1. The van der Waals surface area contributed by atoms with Crippen LogP contribution in [0.25, 0.3) is 0 Å². The van der Waals surface area contributed by atoms with Gasteiger partial charge in [-0.05, 0) is 37.8 Å². The Hall–Kier alpha value is -1.69. The highest BCUT2D eigenvalue weighted by Crippen LogP contribution is 2.20. The number of anilines is 1. The summed E-state index contributed by atoms with van der Waals surface area (Å²) in [5.41, 5.74) is 6.07. The molecule has 0 bridgehead atoms. The fourth-order valence-electron chi connectivity index (χ4n) is 2.10. The van der Waals surface area contributed by atoms with E-state index in [1.54, 1.807) is 12.1 Å². The van der Waals surface area contributed by atoms with Crippen molar-refractivity contribution in [3.05, 3.63) is 17.8 Å². The second-order valence-corrected chi connectivity index (χ2v) is 4.55. The second-order valence-electron chi connectivity index (χ2n) is 4.55. The molecule has 3 N–H and O–H groups in total. The Balaban J connectivity index is 1.92. The van der Waals surface area contributed by atoms with E-state index in [1.165, 1.54) is 7.11 Å². The van der Waals surface area contributed by atoms with E-state index in [2.05, 4.69) is 20.3 Å². The largest absolute Gasteiger partial charge is 0.464 e. The van der Waals surface area contributed by atoms with Crippen molar-refractivity contribution in [3.63, 3.8) is 0 Å². The summed E-state index contributed by atoms with van der Waals surface area (Å²) in [4.78, 5) is 11.2. The van der Waals surface area contributed by atoms with E-state index in [4.69, 9.17) is 5.73 Å². The normalized spacial score (nSPS) is 23.4. The Morgan fingerprint density at radius 2 is 2.06 bits per heavy atom. The zero-order valence-corrected chi connectivity index (χ0v) is 10.4. The van der Waals surface area contributed by atoms with Gasteiger partial charge in [-0.3, -0.25) is 0 Å². The maximum atomic E-state index is 11.2. The van der Waals surface area contributed by atoms with Crippen molar-refractivity contribution in [3.8, 4) is 0 Å². The molecule has 1 saturated carbocycles. The first kappa shape index (κ1) is 12.8. The number of nitrogens with one attached hydrogen (secondary N) is 1. The molecule has 0 saturated heterocycles. The average Bonchev–Trinajstić information content (AvgIpc) is 2.41. The SMILES string of the molecule is COC(=O)c1ccc(NC2CCC(N)CC2)nn1. The van der Waals surface area contributed by atoms with Crippen molar-refractivity contribution in [1.82, 2.24) is 10.2 Å². The van der Waals surface area contributed by atoms with Crippen LogP contribution in [-0.2, 0) is 4.74 Å². The van der Waals surface area contributed by atoms with Gasteiger partial charge in [0.25, 0.3) is 0 Å². The van der Waals surface area contributed by atoms with Crippen LogP contribution in [0.1, 0.15) is 36.2 Å². The Morgan fingerprint density at radius 1 is 1.33 bits per heavy atom. The molecule has 0 aliphatic heterocycles. The number of hydrogen-bond acceptors (Lipinski definition) is 6. The summed E-state index contributed by atoms with van der Waals surface area (Å²) in [6.45, 7) is 0. The van der Waals surface area contributed by atoms with Gasteiger partial charge in [0.1, 0.15) is 5.82 Å². The van der Waals surface area contributed by atoms with Crippen LogP contribution in [0.15, 0.2) is 12.1 Å². The molecule has 1 aromatic rings. The van der Waals surface area contributed by atoms with Gasteiger partial charge in [0.2, 0.25) is 0 Å². The molecule has 0 spiro atoms. The Labute approximate surface area is 106 Å². The number of aromatic nitrogens is 2. The average molecular weight is 250 g/mol. The molecule has 0 unspecified atom stereocenters. The number of methoxy groups -OCH3 is 1. The number of nitrogens with zero attached hydrogens (tertiary/aromatic N) is 2. The van der Waals surface area contributed by atoms with Gasteiger partial charge in [0, 0.05) is 12.1 Å². The van der Waals surface area contributed by atoms with Crippen LogP contribution in [-0.4, -0.2) is 35.4 Å². The number of carbonyl (C=O) groups excluding carboxylic acids is 1. The molecule has 6 heteroatoms. The van der Waals surface area contributed by atoms with Crippen LogP contribution in [0.4, 0.5) is 5.82 Å². The lowest BCUT2D eigenvalue weighted by atomic mass is 9.92. The van der Waals surface area contributed by atoms with Crippen LogP contribution < -0.4 is 11.1 Å². The zero-order chi connectivity index (χ0) is 13.0. The van der Waals surface area contributed by atoms with Crippen LogP contribution in [0.2, 0.25) is 0 Å². The fourth-order valence-corrected chi connectivity index (χ4v) is 2.10. The number of esters is 1. The highest BCUT2D eigenvalue weighted by atomic mass is 16.5. The van der Waals surface area contributed by atoms with Gasteiger partial charge in [-0.2, -0.15) is 0 Å². The van der Waals surface area contributed by atoms with Gasteiger partial charge in [0.15, 0.2) is 5.69 Å². The first-order chi connectivity index (χ1) is 8.69. The first-order valence-corrected chi connectivity index (χ1v) is 6.13. The summed E-state index contributed by atoms with van der Waals surface area (Å²) in [5.74, 6) is 0.209. The standard InChI is InChI=1S/C12H18N4O2/c1-18-12(17)10-6-7-11(16-15-10)14-9-4-2-8(13)3-5-9/h6-9H,2-5,13H2,1H3,(H,14,16). The van der Waals surface area contributed by atoms with Crippen molar-refractivity contribution in [2.24, 2.45) is 5.73 Å². The first-order valence-electron chi connectivity index (χ1n) is 6.13. The second kappa shape index (κ2) is 5.77. The molecule has 1 heterocycles. The summed E-state index contributed by atoms with van der Waals surface area (Å²) >= 11 is 0. The lowest BCUT2D eigenvalue weighted by Gasteiger charge is -2.26. The molecule has 98 valence electrons. The van der Waals surface area contributed by atoms with Crippen molar-refractivity contribution in [1.29, 1.82) is 0 Å². The third kappa shape index (κ3) is 3.16. The topological polar surface area (TPSA) is 90.1 Å². The number of carbonyl (C=O) groups is 1. The molecule has 1 fully saturated rings. The van der Waals surface area contributed by atoms with Crippen molar-refractivity contribution in [2.45, 2.75) is 37.8 Å². The van der Waals surface area contributed by atoms with Gasteiger partial charge in [0.05, 0.1) is 7.11 Å². The van der Waals surface area contributed by atoms with Crippen LogP contribution in [0.5, 0.6) is 0 Å². The van der Waals surface area contributed by atoms with Gasteiger partial charge in [-0.25, -0.2) is 4.79 Å². The number of hydrogen-bond donors (Lipinski definition) is 2. The van der Waals surface area contributed by atoms with E-state index in [1.807, 2.05) is 0 Å². The Kier molecular flexibility index (Phi) is 4.09. The van der Waals surface area contributed by atoms with E-state index in [0.29, 0.717) is 17.9 Å². The molecule has 0 aromatic carbocycles. The molecule has 0 atom stereocenters. The Bertz CT molecular complexity index is 399. The number of rotatable bonds is 3. The minimum absolute atomic E-state index is 0.216. The van der Waals surface area contributed by atoms with E-state index in [9.17, 15) is 4.79 Å². The third-order valence-corrected chi connectivity index (χ3v) is 3.18. The van der Waals surface area contributed by atoms with Gasteiger partial charge in [-0.1, -0.05) is 0 Å². The van der Waals surface area contributed by atoms with Crippen LogP contribution in [0.3, 0.4) is 0 Å². The summed E-state index contributed by atoms with van der Waals surface area (Å²) in [6.07, 6.45) is 4.15. The van der Waals surface area contributed by atoms with Gasteiger partial charge < -0.3 is 15.8 Å². The predicted molar refractivity (Wildman–Crippen MR) is 67.2 cm³/mol. The summed E-state index contributed by atoms with van der Waals surface area (Å²) in [7, 11) is 1.32. The molecule has 1 aliphatic carbocycles. The van der Waals surface area contributed by atoms with Crippen molar-refractivity contribution in [2.75, 3.05) is 12.4 Å². The maximum Gasteiger partial charge on any atom is 0.358 e. The highest BCUT2D eigenvalue weighted by Gasteiger charge is 2.18. The van der Waals surface area contributed by atoms with Gasteiger partial charge in [-0.15, -0.1) is 10.2 Å². The minimum atomic E-state index is -0.474. The summed E-state index contributed by atoms with van der Waals surface area (Å²) in [6, 6.07) is 4.07. The smallest absolute Gasteiger partial charge is 0.358 e. The predicted octanol–water partition coefficient (Wildman–Crippen LogP) is 0.945. The third-order valence-electron chi connectivity index (χ3n) is 3.18. The van der Waals surface area contributed by atoms with Crippen molar-refractivity contribution >= 4 is 11.8 Å². The van der Waals surface area contributed by atoms with E-state index >= 15 is 0 Å². The molecule has 1 aromatic heterocycles. The van der Waals surface area contributed by atoms with Crippen molar-refractivity contribution < 1.29 is 9.53 Å². The molecular weight excluding hydrogens is 232 g/mol. The maximum absolute atomic E-state index is 11.2. The molecule has 18 heavy (non-hydrogen) atoms. The van der Waals surface area contributed by atoms with Crippen LogP contribution >= 0.6 is 0 Å². The monoisotopic (exact) mass is 250 g/mol. The molecule has 0 amide bonds. The number of ether oxygens (including phenoxy) is 1. The quantitative estimate of drug-likeness (QED) is 0.776. The molecule has 0 radical (unpaired) electrons. The lowest BCUT2D eigenvalue weighted by Crippen LogP contribution is -2.33. The van der Waals surface area contributed by atoms with Crippen LogP contribution in [0, 0.1) is 0 Å². The minimum Gasteiger partial charge on any atom is -0.464 e. The Morgan fingerprint density at radius 3 is 2.61 bits per heavy atom. The lowest BCUT2D eigenvalue weighted by molar-refractivity contribution is 0.0593. The zero-order valence-electron chi connectivity index (χ0n) is 10.4. The molecule has 1 aliphatic rings. The fraction of sp³-hybridized carbons (Fsp3) is 0.583. The highest BCUT2D eigenvalue weighted by molar-refractivity contribution is 5.86. The van der Waals surface area contributed by atoms with E-state index in [0.717, 1.165) is 25.7 Å². The number of nitrogens with two attached hydrogens (primary N) is 1. The summed E-state index contributed by atoms with van der Waals surface area (Å²) < 4.78 is 4.56.